The number of nitrogens with zero attached hydrogens (tertiary/aromatic N) is 3. The van der Waals surface area contributed by atoms with E-state index >= 15 is 0 Å². The van der Waals surface area contributed by atoms with Gasteiger partial charge < -0.3 is 9.47 Å². The minimum atomic E-state index is -0.514. The van der Waals surface area contributed by atoms with Crippen LogP contribution in [0.15, 0.2) is 30.6 Å². The van der Waals surface area contributed by atoms with Gasteiger partial charge in [-0.15, -0.1) is 5.06 Å². The third-order valence-corrected chi connectivity index (χ3v) is 3.35. The molecular weight excluding hydrogens is 302 g/mol. The first kappa shape index (κ1) is 14.9. The molecule has 0 aliphatic carbocycles. The number of methoxy groups -OCH3 is 2. The summed E-state index contributed by atoms with van der Waals surface area (Å²) < 4.78 is 10.2. The maximum Gasteiger partial charge on any atom is 0.285 e. The number of amides is 2. The second-order valence-corrected chi connectivity index (χ2v) is 4.59. The van der Waals surface area contributed by atoms with E-state index in [0.717, 1.165) is 5.06 Å². The summed E-state index contributed by atoms with van der Waals surface area (Å²) in [5, 5.41) is 0.719. The second-order valence-electron chi connectivity index (χ2n) is 4.59. The number of hydrogen-bond donors (Lipinski definition) is 0. The third kappa shape index (κ3) is 2.49. The fraction of sp³-hybridized carbons (Fsp3) is 0.200. The van der Waals surface area contributed by atoms with Gasteiger partial charge in [0, 0.05) is 0 Å². The summed E-state index contributed by atoms with van der Waals surface area (Å²) in [5.74, 6) is -0.539. The molecule has 2 amide bonds. The number of benzene rings is 1. The molecule has 2 heterocycles. The lowest BCUT2D eigenvalue weighted by Gasteiger charge is -2.15. The zero-order valence-corrected chi connectivity index (χ0v) is 12.5. The molecule has 23 heavy (non-hydrogen) atoms. The number of imide groups is 1. The zero-order valence-electron chi connectivity index (χ0n) is 12.5. The van der Waals surface area contributed by atoms with E-state index in [4.69, 9.17) is 14.3 Å². The molecule has 0 spiro atoms. The summed E-state index contributed by atoms with van der Waals surface area (Å²) >= 11 is 0. The first-order chi connectivity index (χ1) is 11.2. The molecule has 8 heteroatoms. The van der Waals surface area contributed by atoms with Gasteiger partial charge in [-0.3, -0.25) is 14.4 Å². The smallest absolute Gasteiger partial charge is 0.285 e. The molecule has 0 fully saturated rings. The predicted molar refractivity (Wildman–Crippen MR) is 76.9 cm³/mol. The molecule has 8 nitrogen and oxygen atoms in total. The van der Waals surface area contributed by atoms with E-state index in [9.17, 15) is 9.59 Å². The fourth-order valence-corrected chi connectivity index (χ4v) is 2.27. The Morgan fingerprint density at radius 2 is 1.48 bits per heavy atom. The average molecular weight is 315 g/mol. The van der Waals surface area contributed by atoms with Crippen LogP contribution < -0.4 is 9.47 Å². The van der Waals surface area contributed by atoms with Gasteiger partial charge >= 0.3 is 0 Å². The molecular formula is C15H13N3O5. The van der Waals surface area contributed by atoms with E-state index in [1.807, 2.05) is 0 Å². The Morgan fingerprint density at radius 1 is 0.957 bits per heavy atom. The van der Waals surface area contributed by atoms with Crippen LogP contribution in [0.2, 0.25) is 0 Å². The Labute approximate surface area is 131 Å². The van der Waals surface area contributed by atoms with Gasteiger partial charge in [0.05, 0.1) is 25.3 Å². The molecule has 1 aliphatic rings. The number of fused-ring (bicyclic) bond motifs is 1. The van der Waals surface area contributed by atoms with E-state index in [1.165, 1.54) is 20.5 Å². The zero-order chi connectivity index (χ0) is 16.4. The molecule has 0 radical (unpaired) electrons. The highest BCUT2D eigenvalue weighted by molar-refractivity contribution is 6.20. The molecule has 0 saturated carbocycles. The van der Waals surface area contributed by atoms with Crippen LogP contribution in [-0.4, -0.2) is 41.1 Å². The summed E-state index contributed by atoms with van der Waals surface area (Å²) in [6, 6.07) is 6.52. The predicted octanol–water partition coefficient (Wildman–Crippen LogP) is 1.22. The van der Waals surface area contributed by atoms with Crippen LogP contribution >= 0.6 is 0 Å². The van der Waals surface area contributed by atoms with Crippen LogP contribution in [0, 0.1) is 0 Å². The summed E-state index contributed by atoms with van der Waals surface area (Å²) in [4.78, 5) is 37.7. The lowest BCUT2D eigenvalue weighted by molar-refractivity contribution is -0.102. The van der Waals surface area contributed by atoms with E-state index < -0.39 is 11.8 Å². The highest BCUT2D eigenvalue weighted by atomic mass is 16.7. The lowest BCUT2D eigenvalue weighted by Crippen LogP contribution is -2.30. The van der Waals surface area contributed by atoms with Crippen molar-refractivity contribution in [1.82, 2.24) is 15.0 Å². The molecule has 3 rings (SSSR count). The quantitative estimate of drug-likeness (QED) is 0.766. The van der Waals surface area contributed by atoms with E-state index in [1.54, 1.807) is 24.3 Å². The molecule has 0 N–H and O–H groups in total. The van der Waals surface area contributed by atoms with Crippen molar-refractivity contribution in [3.63, 3.8) is 0 Å². The van der Waals surface area contributed by atoms with Crippen molar-refractivity contribution in [3.8, 4) is 11.8 Å². The van der Waals surface area contributed by atoms with Gasteiger partial charge in [0.1, 0.15) is 18.5 Å². The maximum absolute atomic E-state index is 12.2. The SMILES string of the molecule is COc1ncnc(OC)c1CON1C(=O)c2ccccc2C1=O. The standard InChI is InChI=1S/C15H13N3O5/c1-21-12-11(13(22-2)17-8-16-12)7-23-18-14(19)9-5-3-4-6-10(9)15(18)20/h3-6,8H,7H2,1-2H3. The van der Waals surface area contributed by atoms with Gasteiger partial charge in [0.2, 0.25) is 11.8 Å². The van der Waals surface area contributed by atoms with Gasteiger partial charge in [0.15, 0.2) is 0 Å². The second kappa shape index (κ2) is 6.01. The van der Waals surface area contributed by atoms with E-state index in [-0.39, 0.29) is 18.4 Å². The van der Waals surface area contributed by atoms with Crippen LogP contribution in [0.4, 0.5) is 0 Å². The third-order valence-electron chi connectivity index (χ3n) is 3.35. The normalized spacial score (nSPS) is 13.2. The number of hydrogen-bond acceptors (Lipinski definition) is 7. The summed E-state index contributed by atoms with van der Waals surface area (Å²) in [7, 11) is 2.88. The lowest BCUT2D eigenvalue weighted by atomic mass is 10.1. The Morgan fingerprint density at radius 3 is 1.96 bits per heavy atom. The molecule has 0 saturated heterocycles. The van der Waals surface area contributed by atoms with E-state index in [2.05, 4.69) is 9.97 Å². The van der Waals surface area contributed by atoms with Crippen molar-refractivity contribution >= 4 is 11.8 Å². The van der Waals surface area contributed by atoms with Gasteiger partial charge in [-0.25, -0.2) is 9.97 Å². The van der Waals surface area contributed by atoms with Crippen LogP contribution in [0.3, 0.4) is 0 Å². The minimum absolute atomic E-state index is 0.154. The Hall–Kier alpha value is -3.00. The summed E-state index contributed by atoms with van der Waals surface area (Å²) in [5.41, 5.74) is 1.01. The molecule has 1 aromatic carbocycles. The first-order valence-electron chi connectivity index (χ1n) is 6.70. The summed E-state index contributed by atoms with van der Waals surface area (Å²) in [6.07, 6.45) is 1.28. The molecule has 1 aromatic heterocycles. The van der Waals surface area contributed by atoms with Crippen molar-refractivity contribution in [3.05, 3.63) is 47.3 Å². The summed E-state index contributed by atoms with van der Waals surface area (Å²) in [6.45, 7) is -0.154. The number of carbonyl (C=O) groups is 2. The molecule has 0 atom stereocenters. The van der Waals surface area contributed by atoms with Crippen molar-refractivity contribution in [2.45, 2.75) is 6.61 Å². The molecule has 0 unspecified atom stereocenters. The topological polar surface area (TPSA) is 90.9 Å². The molecule has 1 aliphatic heterocycles. The number of aromatic nitrogens is 2. The van der Waals surface area contributed by atoms with Crippen LogP contribution in [0.5, 0.6) is 11.8 Å². The molecule has 0 bridgehead atoms. The monoisotopic (exact) mass is 315 g/mol. The van der Waals surface area contributed by atoms with Crippen LogP contribution in [0.1, 0.15) is 26.3 Å². The van der Waals surface area contributed by atoms with Crippen molar-refractivity contribution in [2.75, 3.05) is 14.2 Å². The number of rotatable bonds is 5. The average Bonchev–Trinajstić information content (AvgIpc) is 2.84. The van der Waals surface area contributed by atoms with Gasteiger partial charge in [-0.2, -0.15) is 0 Å². The largest absolute Gasteiger partial charge is 0.481 e. The number of hydroxylamine groups is 2. The highest BCUT2D eigenvalue weighted by Crippen LogP contribution is 2.27. The van der Waals surface area contributed by atoms with Gasteiger partial charge in [0.25, 0.3) is 11.8 Å². The fourth-order valence-electron chi connectivity index (χ4n) is 2.27. The van der Waals surface area contributed by atoms with Gasteiger partial charge in [-0.1, -0.05) is 12.1 Å². The van der Waals surface area contributed by atoms with Gasteiger partial charge in [-0.05, 0) is 12.1 Å². The highest BCUT2D eigenvalue weighted by Gasteiger charge is 2.36. The Balaban J connectivity index is 1.83. The van der Waals surface area contributed by atoms with E-state index in [0.29, 0.717) is 16.7 Å². The molecule has 2 aromatic rings. The number of carbonyl (C=O) groups excluding carboxylic acids is 2. The van der Waals surface area contributed by atoms with Crippen molar-refractivity contribution in [1.29, 1.82) is 0 Å². The van der Waals surface area contributed by atoms with Crippen LogP contribution in [0.25, 0.3) is 0 Å². The minimum Gasteiger partial charge on any atom is -0.481 e. The maximum atomic E-state index is 12.2. The molecule has 118 valence electrons. The van der Waals surface area contributed by atoms with Crippen molar-refractivity contribution < 1.29 is 23.9 Å². The van der Waals surface area contributed by atoms with Crippen molar-refractivity contribution in [2.24, 2.45) is 0 Å². The van der Waals surface area contributed by atoms with Crippen LogP contribution in [-0.2, 0) is 11.4 Å². The number of ether oxygens (including phenoxy) is 2. The Kier molecular flexibility index (Phi) is 3.90. The first-order valence-corrected chi connectivity index (χ1v) is 6.70. The Bertz CT molecular complexity index is 720.